The maximum absolute atomic E-state index is 14.3. The monoisotopic (exact) mass is 509 g/mol. The van der Waals surface area contributed by atoms with E-state index in [1.807, 2.05) is 34.9 Å². The molecular formula is C27H22Cl2FN3O2. The zero-order valence-electron chi connectivity index (χ0n) is 18.7. The normalized spacial score (nSPS) is 15.3. The van der Waals surface area contributed by atoms with Crippen LogP contribution in [0.5, 0.6) is 0 Å². The first kappa shape index (κ1) is 23.5. The lowest BCUT2D eigenvalue weighted by Crippen LogP contribution is -2.45. The number of carbonyl (C=O) groups excluding carboxylic acids is 1. The fourth-order valence-corrected chi connectivity index (χ4v) is 4.81. The maximum atomic E-state index is 14.3. The number of rotatable bonds is 4. The minimum absolute atomic E-state index is 0.231. The molecular weight excluding hydrogens is 488 g/mol. The number of nitrogens with zero attached hydrogens (tertiary/aromatic N) is 3. The van der Waals surface area contributed by atoms with Crippen LogP contribution < -0.4 is 0 Å². The van der Waals surface area contributed by atoms with Crippen molar-refractivity contribution in [3.63, 3.8) is 0 Å². The Labute approximate surface area is 212 Å². The van der Waals surface area contributed by atoms with Crippen molar-refractivity contribution in [1.82, 2.24) is 14.5 Å². The quantitative estimate of drug-likeness (QED) is 0.361. The van der Waals surface area contributed by atoms with Gasteiger partial charge in [0.15, 0.2) is 0 Å². The van der Waals surface area contributed by atoms with Gasteiger partial charge >= 0.3 is 0 Å². The van der Waals surface area contributed by atoms with Crippen LogP contribution in [-0.2, 0) is 5.60 Å². The predicted octanol–water partition coefficient (Wildman–Crippen LogP) is 6.11. The van der Waals surface area contributed by atoms with E-state index in [1.165, 1.54) is 6.07 Å². The molecule has 0 atom stereocenters. The van der Waals surface area contributed by atoms with Crippen LogP contribution >= 0.6 is 23.2 Å². The van der Waals surface area contributed by atoms with Gasteiger partial charge in [-0.2, -0.15) is 0 Å². The van der Waals surface area contributed by atoms with Crippen molar-refractivity contribution in [2.24, 2.45) is 0 Å². The van der Waals surface area contributed by atoms with Crippen molar-refractivity contribution < 1.29 is 14.3 Å². The Kier molecular flexibility index (Phi) is 6.36. The molecule has 0 saturated carbocycles. The predicted molar refractivity (Wildman–Crippen MR) is 134 cm³/mol. The van der Waals surface area contributed by atoms with Gasteiger partial charge in [0.05, 0.1) is 10.6 Å². The third-order valence-electron chi connectivity index (χ3n) is 6.40. The van der Waals surface area contributed by atoms with Gasteiger partial charge in [0, 0.05) is 41.1 Å². The summed E-state index contributed by atoms with van der Waals surface area (Å²) in [6.07, 6.45) is 2.14. The first-order chi connectivity index (χ1) is 16.9. The SMILES string of the molecule is O=C(c1cn(-c2ccc(Cl)cc2)c(-c2ccccc2Cl)n1)N1CCC(O)(c2ccccc2F)CC1. The molecule has 3 aromatic carbocycles. The lowest BCUT2D eigenvalue weighted by molar-refractivity contribution is -0.0237. The molecule has 0 radical (unpaired) electrons. The van der Waals surface area contributed by atoms with E-state index in [9.17, 15) is 14.3 Å². The summed E-state index contributed by atoms with van der Waals surface area (Å²) < 4.78 is 16.1. The van der Waals surface area contributed by atoms with Crippen LogP contribution in [0.25, 0.3) is 17.1 Å². The Balaban J connectivity index is 1.45. The summed E-state index contributed by atoms with van der Waals surface area (Å²) in [7, 11) is 0. The van der Waals surface area contributed by atoms with Crippen LogP contribution in [0.2, 0.25) is 10.0 Å². The van der Waals surface area contributed by atoms with Crippen molar-refractivity contribution in [2.45, 2.75) is 18.4 Å². The first-order valence-electron chi connectivity index (χ1n) is 11.2. The van der Waals surface area contributed by atoms with E-state index in [1.54, 1.807) is 47.5 Å². The van der Waals surface area contributed by atoms with Crippen molar-refractivity contribution in [3.05, 3.63) is 106 Å². The second-order valence-corrected chi connectivity index (χ2v) is 9.42. The number of benzene rings is 3. The minimum atomic E-state index is -1.31. The molecule has 1 saturated heterocycles. The van der Waals surface area contributed by atoms with E-state index in [-0.39, 0.29) is 43.1 Å². The van der Waals surface area contributed by atoms with Gasteiger partial charge in [-0.25, -0.2) is 9.37 Å². The molecule has 0 bridgehead atoms. The molecule has 2 heterocycles. The van der Waals surface area contributed by atoms with E-state index < -0.39 is 11.4 Å². The van der Waals surface area contributed by atoms with Gasteiger partial charge in [-0.05, 0) is 55.3 Å². The second kappa shape index (κ2) is 9.46. The summed E-state index contributed by atoms with van der Waals surface area (Å²) >= 11 is 12.5. The molecule has 5 rings (SSSR count). The number of hydrogen-bond donors (Lipinski definition) is 1. The summed E-state index contributed by atoms with van der Waals surface area (Å²) in [5.41, 5.74) is 0.679. The molecule has 1 aliphatic rings. The smallest absolute Gasteiger partial charge is 0.274 e. The number of piperidine rings is 1. The highest BCUT2D eigenvalue weighted by Crippen LogP contribution is 2.35. The zero-order valence-corrected chi connectivity index (χ0v) is 20.2. The van der Waals surface area contributed by atoms with Crippen molar-refractivity contribution in [1.29, 1.82) is 0 Å². The van der Waals surface area contributed by atoms with Crippen LogP contribution in [0.4, 0.5) is 4.39 Å². The maximum Gasteiger partial charge on any atom is 0.274 e. The summed E-state index contributed by atoms with van der Waals surface area (Å²) in [5.74, 6) is -0.177. The molecule has 8 heteroatoms. The van der Waals surface area contributed by atoms with Gasteiger partial charge in [0.2, 0.25) is 0 Å². The highest BCUT2D eigenvalue weighted by molar-refractivity contribution is 6.33. The lowest BCUT2D eigenvalue weighted by atomic mass is 9.84. The van der Waals surface area contributed by atoms with E-state index in [0.717, 1.165) is 5.69 Å². The largest absolute Gasteiger partial charge is 0.385 e. The molecule has 178 valence electrons. The minimum Gasteiger partial charge on any atom is -0.385 e. The molecule has 4 aromatic rings. The number of amides is 1. The van der Waals surface area contributed by atoms with Crippen molar-refractivity contribution in [2.75, 3.05) is 13.1 Å². The molecule has 5 nitrogen and oxygen atoms in total. The number of carbonyl (C=O) groups is 1. The van der Waals surface area contributed by atoms with Gasteiger partial charge in [-0.3, -0.25) is 9.36 Å². The molecule has 1 amide bonds. The number of likely N-dealkylation sites (tertiary alicyclic amines) is 1. The number of aromatic nitrogens is 2. The van der Waals surface area contributed by atoms with Gasteiger partial charge in [0.25, 0.3) is 5.91 Å². The van der Waals surface area contributed by atoms with Gasteiger partial charge in [0.1, 0.15) is 17.3 Å². The third-order valence-corrected chi connectivity index (χ3v) is 6.98. The average Bonchev–Trinajstić information content (AvgIpc) is 3.30. The van der Waals surface area contributed by atoms with E-state index >= 15 is 0 Å². The highest BCUT2D eigenvalue weighted by Gasteiger charge is 2.38. The topological polar surface area (TPSA) is 58.4 Å². The molecule has 1 aromatic heterocycles. The number of hydrogen-bond acceptors (Lipinski definition) is 3. The Hall–Kier alpha value is -3.19. The second-order valence-electron chi connectivity index (χ2n) is 8.58. The number of halogens is 3. The molecule has 0 spiro atoms. The van der Waals surface area contributed by atoms with Crippen molar-refractivity contribution >= 4 is 29.1 Å². The Morgan fingerprint density at radius 3 is 2.29 bits per heavy atom. The highest BCUT2D eigenvalue weighted by atomic mass is 35.5. The number of aliphatic hydroxyl groups is 1. The summed E-state index contributed by atoms with van der Waals surface area (Å²) in [6.45, 7) is 0.553. The van der Waals surface area contributed by atoms with Gasteiger partial charge in [-0.1, -0.05) is 53.5 Å². The van der Waals surface area contributed by atoms with E-state index in [0.29, 0.717) is 21.4 Å². The van der Waals surface area contributed by atoms with Crippen LogP contribution in [0.1, 0.15) is 28.9 Å². The van der Waals surface area contributed by atoms with E-state index in [4.69, 9.17) is 23.2 Å². The van der Waals surface area contributed by atoms with Crippen LogP contribution in [0.3, 0.4) is 0 Å². The molecule has 35 heavy (non-hydrogen) atoms. The molecule has 1 aliphatic heterocycles. The third kappa shape index (κ3) is 4.57. The summed E-state index contributed by atoms with van der Waals surface area (Å²) in [6, 6.07) is 20.8. The summed E-state index contributed by atoms with van der Waals surface area (Å²) in [4.78, 5) is 19.7. The fourth-order valence-electron chi connectivity index (χ4n) is 4.46. The standard InChI is InChI=1S/C27H22Cl2FN3O2/c28-18-9-11-19(12-10-18)33-17-24(31-25(33)20-5-1-3-7-22(20)29)26(34)32-15-13-27(35,14-16-32)21-6-2-4-8-23(21)30/h1-12,17,35H,13-16H2. The van der Waals surface area contributed by atoms with E-state index in [2.05, 4.69) is 4.98 Å². The zero-order chi connectivity index (χ0) is 24.6. The first-order valence-corrected chi connectivity index (χ1v) is 12.0. The van der Waals surface area contributed by atoms with Crippen LogP contribution in [0.15, 0.2) is 79.0 Å². The molecule has 0 aliphatic carbocycles. The Morgan fingerprint density at radius 2 is 1.60 bits per heavy atom. The molecule has 0 unspecified atom stereocenters. The fraction of sp³-hybridized carbons (Fsp3) is 0.185. The molecule has 1 fully saturated rings. The summed E-state index contributed by atoms with van der Waals surface area (Å²) in [5, 5.41) is 12.2. The lowest BCUT2D eigenvalue weighted by Gasteiger charge is -2.38. The van der Waals surface area contributed by atoms with Crippen LogP contribution in [-0.4, -0.2) is 38.6 Å². The van der Waals surface area contributed by atoms with Gasteiger partial charge in [-0.15, -0.1) is 0 Å². The molecule has 1 N–H and O–H groups in total. The van der Waals surface area contributed by atoms with Gasteiger partial charge < -0.3 is 10.0 Å². The number of imidazole rings is 1. The van der Waals surface area contributed by atoms with Crippen LogP contribution in [0, 0.1) is 5.82 Å². The average molecular weight is 510 g/mol. The Bertz CT molecular complexity index is 1380. The van der Waals surface area contributed by atoms with Crippen molar-refractivity contribution in [3.8, 4) is 17.1 Å². The Morgan fingerprint density at radius 1 is 0.943 bits per heavy atom.